The third kappa shape index (κ3) is 3.03. The second-order valence-corrected chi connectivity index (χ2v) is 6.98. The van der Waals surface area contributed by atoms with Crippen LogP contribution in [0.25, 0.3) is 11.2 Å². The molecule has 11 nitrogen and oxygen atoms in total. The van der Waals surface area contributed by atoms with Crippen LogP contribution >= 0.6 is 0 Å². The Morgan fingerprint density at radius 1 is 1.58 bits per heavy atom. The fourth-order valence-electron chi connectivity index (χ4n) is 2.28. The molecule has 0 bridgehead atoms. The van der Waals surface area contributed by atoms with Gasteiger partial charge in [0.15, 0.2) is 17.4 Å². The molecule has 0 spiro atoms. The minimum Gasteiger partial charge on any atom is -0.393 e. The molecular weight excluding hydrogens is 342 g/mol. The fourth-order valence-corrected chi connectivity index (χ4v) is 2.69. The number of aliphatic hydroxyl groups excluding tert-OH is 1. The molecule has 0 amide bonds. The van der Waals surface area contributed by atoms with Gasteiger partial charge in [-0.3, -0.25) is 18.5 Å². The number of imidazole rings is 1. The largest absolute Gasteiger partial charge is 0.393 e. The molecule has 0 saturated carbocycles. The predicted molar refractivity (Wildman–Crippen MR) is 82.4 cm³/mol. The highest BCUT2D eigenvalue weighted by atomic mass is 32.2. The topological polar surface area (TPSA) is 162 Å². The van der Waals surface area contributed by atoms with Gasteiger partial charge in [0.1, 0.15) is 12.2 Å². The molecule has 2 atom stereocenters. The van der Waals surface area contributed by atoms with Gasteiger partial charge in [-0.15, -0.1) is 0 Å². The molecule has 3 heterocycles. The van der Waals surface area contributed by atoms with Crippen LogP contribution in [0.5, 0.6) is 0 Å². The molecule has 0 fully saturated rings. The van der Waals surface area contributed by atoms with E-state index >= 15 is 0 Å². The number of hydrogen-bond acceptors (Lipinski definition) is 9. The van der Waals surface area contributed by atoms with Crippen molar-refractivity contribution in [3.8, 4) is 0 Å². The number of aromatic amines is 1. The fraction of sp³-hybridized carbons (Fsp3) is 0.417. The highest BCUT2D eigenvalue weighted by Gasteiger charge is 2.38. The second kappa shape index (κ2) is 5.66. The Labute approximate surface area is 135 Å². The maximum absolute atomic E-state index is 11.8. The number of nitrogens with two attached hydrogens (primary N) is 1. The Hall–Kier alpha value is -2.28. The van der Waals surface area contributed by atoms with E-state index in [2.05, 4.69) is 15.0 Å². The molecule has 12 heteroatoms. The van der Waals surface area contributed by atoms with Gasteiger partial charge in [-0.25, -0.2) is 4.98 Å². The predicted octanol–water partition coefficient (Wildman–Crippen LogP) is -1.51. The average molecular weight is 357 g/mol. The lowest BCUT2D eigenvalue weighted by molar-refractivity contribution is -0.0993. The third-order valence-corrected chi connectivity index (χ3v) is 3.98. The maximum atomic E-state index is 11.8. The normalized spacial score (nSPS) is 24.0. The first-order valence-corrected chi connectivity index (χ1v) is 8.59. The van der Waals surface area contributed by atoms with Crippen LogP contribution in [-0.2, 0) is 19.0 Å². The van der Waals surface area contributed by atoms with Gasteiger partial charge < -0.3 is 15.6 Å². The highest BCUT2D eigenvalue weighted by molar-refractivity contribution is 7.85. The van der Waals surface area contributed by atoms with Crippen molar-refractivity contribution >= 4 is 27.2 Å². The van der Waals surface area contributed by atoms with Crippen molar-refractivity contribution in [2.75, 3.05) is 25.2 Å². The van der Waals surface area contributed by atoms with Gasteiger partial charge in [0.25, 0.3) is 15.7 Å². The summed E-state index contributed by atoms with van der Waals surface area (Å²) in [6.45, 7) is -0.892. The average Bonchev–Trinajstić information content (AvgIpc) is 3.09. The zero-order valence-corrected chi connectivity index (χ0v) is 13.4. The maximum Gasteiger partial charge on any atom is 0.280 e. The standard InChI is InChI=1S/C12H15N5O6S/c1-24(20,21)22-5-12(4-18)3-2-7(23-12)17-6-14-8-9(17)15-11(13)16-10(8)19/h2-3,6-7,18H,4-5H2,1H3,(H3,13,15,16,19)/t7-,12+/m1/s1. The zero-order chi connectivity index (χ0) is 17.5. The number of H-pyrrole nitrogens is 1. The number of fused-ring (bicyclic) bond motifs is 1. The number of hydrogen-bond donors (Lipinski definition) is 3. The number of nitrogens with zero attached hydrogens (tertiary/aromatic N) is 3. The molecule has 2 aromatic rings. The van der Waals surface area contributed by atoms with Crippen molar-refractivity contribution in [3.05, 3.63) is 28.8 Å². The number of aliphatic hydroxyl groups is 1. The Morgan fingerprint density at radius 2 is 2.33 bits per heavy atom. The van der Waals surface area contributed by atoms with Crippen LogP contribution < -0.4 is 11.3 Å². The minimum absolute atomic E-state index is 0.0787. The van der Waals surface area contributed by atoms with Crippen LogP contribution in [0.15, 0.2) is 23.3 Å². The van der Waals surface area contributed by atoms with Gasteiger partial charge in [0, 0.05) is 0 Å². The van der Waals surface area contributed by atoms with E-state index in [0.29, 0.717) is 0 Å². The summed E-state index contributed by atoms with van der Waals surface area (Å²) in [5, 5.41) is 9.56. The number of aromatic nitrogens is 4. The van der Waals surface area contributed by atoms with Gasteiger partial charge in [0.05, 0.1) is 19.2 Å². The summed E-state index contributed by atoms with van der Waals surface area (Å²) in [7, 11) is -3.70. The zero-order valence-electron chi connectivity index (χ0n) is 12.5. The molecule has 2 aromatic heterocycles. The minimum atomic E-state index is -3.70. The van der Waals surface area contributed by atoms with Gasteiger partial charge >= 0.3 is 0 Å². The van der Waals surface area contributed by atoms with E-state index in [9.17, 15) is 18.3 Å². The molecule has 3 rings (SSSR count). The van der Waals surface area contributed by atoms with Gasteiger partial charge in [-0.05, 0) is 12.2 Å². The smallest absolute Gasteiger partial charge is 0.280 e. The van der Waals surface area contributed by atoms with E-state index in [4.69, 9.17) is 14.7 Å². The molecule has 0 unspecified atom stereocenters. The number of ether oxygens (including phenoxy) is 1. The Bertz CT molecular complexity index is 964. The van der Waals surface area contributed by atoms with E-state index in [-0.39, 0.29) is 17.1 Å². The molecule has 1 aliphatic heterocycles. The van der Waals surface area contributed by atoms with Crippen molar-refractivity contribution in [2.24, 2.45) is 0 Å². The van der Waals surface area contributed by atoms with Crippen molar-refractivity contribution in [1.29, 1.82) is 0 Å². The number of rotatable bonds is 5. The first kappa shape index (κ1) is 16.6. The van der Waals surface area contributed by atoms with Crippen LogP contribution in [-0.4, -0.2) is 58.1 Å². The second-order valence-electron chi connectivity index (χ2n) is 5.33. The number of nitrogens with one attached hydrogen (secondary N) is 1. The molecule has 1 aliphatic rings. The van der Waals surface area contributed by atoms with E-state index in [1.807, 2.05) is 0 Å². The van der Waals surface area contributed by atoms with Gasteiger partial charge in [0.2, 0.25) is 5.95 Å². The highest BCUT2D eigenvalue weighted by Crippen LogP contribution is 2.31. The number of anilines is 1. The van der Waals surface area contributed by atoms with Crippen LogP contribution in [0.4, 0.5) is 5.95 Å². The Kier molecular flexibility index (Phi) is 3.91. The summed E-state index contributed by atoms with van der Waals surface area (Å²) in [6.07, 6.45) is 4.54. The van der Waals surface area contributed by atoms with Crippen molar-refractivity contribution in [2.45, 2.75) is 11.8 Å². The quantitative estimate of drug-likeness (QED) is 0.426. The third-order valence-electron chi connectivity index (χ3n) is 3.43. The van der Waals surface area contributed by atoms with Gasteiger partial charge in [-0.2, -0.15) is 13.4 Å². The summed E-state index contributed by atoms with van der Waals surface area (Å²) in [5.74, 6) is -0.0787. The SMILES string of the molecule is CS(=O)(=O)OC[C@@]1(CO)C=C[C@H](n2cnc3c(=O)[nH]c(N)nc32)O1. The number of nitrogen functional groups attached to an aromatic ring is 1. The molecule has 0 saturated heterocycles. The van der Waals surface area contributed by atoms with Crippen molar-refractivity contribution < 1.29 is 22.4 Å². The molecule has 0 aromatic carbocycles. The lowest BCUT2D eigenvalue weighted by Gasteiger charge is -2.26. The van der Waals surface area contributed by atoms with E-state index in [1.54, 1.807) is 6.08 Å². The Morgan fingerprint density at radius 3 is 3.00 bits per heavy atom. The Balaban J connectivity index is 1.91. The van der Waals surface area contributed by atoms with E-state index in [1.165, 1.54) is 17.0 Å². The lowest BCUT2D eigenvalue weighted by atomic mass is 10.1. The summed E-state index contributed by atoms with van der Waals surface area (Å²) < 4.78 is 34.2. The van der Waals surface area contributed by atoms with Crippen LogP contribution in [0, 0.1) is 0 Å². The summed E-state index contributed by atoms with van der Waals surface area (Å²) >= 11 is 0. The molecule has 4 N–H and O–H groups in total. The van der Waals surface area contributed by atoms with Gasteiger partial charge in [-0.1, -0.05) is 0 Å². The van der Waals surface area contributed by atoms with E-state index < -0.39 is 40.7 Å². The summed E-state index contributed by atoms with van der Waals surface area (Å²) in [6, 6.07) is 0. The van der Waals surface area contributed by atoms with Crippen LogP contribution in [0.1, 0.15) is 6.23 Å². The van der Waals surface area contributed by atoms with E-state index in [0.717, 1.165) is 6.26 Å². The molecular formula is C12H15N5O6S. The molecule has 0 radical (unpaired) electrons. The summed E-state index contributed by atoms with van der Waals surface area (Å²) in [4.78, 5) is 22.1. The molecule has 24 heavy (non-hydrogen) atoms. The molecule has 0 aliphatic carbocycles. The first-order chi connectivity index (χ1) is 11.2. The van der Waals surface area contributed by atoms with Crippen LogP contribution in [0.2, 0.25) is 0 Å². The first-order valence-electron chi connectivity index (χ1n) is 6.78. The van der Waals surface area contributed by atoms with Crippen molar-refractivity contribution in [1.82, 2.24) is 19.5 Å². The summed E-state index contributed by atoms with van der Waals surface area (Å²) in [5.41, 5.74) is 3.98. The lowest BCUT2D eigenvalue weighted by Crippen LogP contribution is -2.39. The monoisotopic (exact) mass is 357 g/mol. The van der Waals surface area contributed by atoms with Crippen molar-refractivity contribution in [3.63, 3.8) is 0 Å². The molecule has 130 valence electrons. The van der Waals surface area contributed by atoms with Crippen LogP contribution in [0.3, 0.4) is 0 Å².